The predicted molar refractivity (Wildman–Crippen MR) is 71.2 cm³/mol. The highest BCUT2D eigenvalue weighted by molar-refractivity contribution is 5.48. The van der Waals surface area contributed by atoms with E-state index in [4.69, 9.17) is 0 Å². The highest BCUT2D eigenvalue weighted by Crippen LogP contribution is 2.39. The molecular weight excluding hydrogens is 206 g/mol. The molecule has 1 saturated carbocycles. The quantitative estimate of drug-likeness (QED) is 0.739. The summed E-state index contributed by atoms with van der Waals surface area (Å²) >= 11 is 0. The zero-order chi connectivity index (χ0) is 12.0. The van der Waals surface area contributed by atoms with Gasteiger partial charge in [0.05, 0.1) is 11.5 Å². The summed E-state index contributed by atoms with van der Waals surface area (Å²) in [4.78, 5) is 0. The smallest absolute Gasteiger partial charge is 0.0693 e. The van der Waals surface area contributed by atoms with E-state index >= 15 is 0 Å². The number of nitrogens with zero attached hydrogens (tertiary/aromatic N) is 1. The lowest BCUT2D eigenvalue weighted by atomic mass is 9.73. The van der Waals surface area contributed by atoms with Crippen LogP contribution in [0.25, 0.3) is 6.08 Å². The van der Waals surface area contributed by atoms with E-state index in [1.165, 1.54) is 24.8 Å². The second kappa shape index (κ2) is 5.68. The maximum atomic E-state index is 9.35. The Labute approximate surface area is 104 Å². The summed E-state index contributed by atoms with van der Waals surface area (Å²) in [6.45, 7) is 0. The van der Waals surface area contributed by atoms with Crippen LogP contribution in [0.5, 0.6) is 0 Å². The van der Waals surface area contributed by atoms with Gasteiger partial charge in [0.15, 0.2) is 0 Å². The average molecular weight is 225 g/mol. The van der Waals surface area contributed by atoms with Crippen molar-refractivity contribution in [3.8, 4) is 6.07 Å². The van der Waals surface area contributed by atoms with Crippen molar-refractivity contribution < 1.29 is 0 Å². The van der Waals surface area contributed by atoms with Crippen LogP contribution >= 0.6 is 0 Å². The van der Waals surface area contributed by atoms with Crippen LogP contribution in [0.4, 0.5) is 0 Å². The van der Waals surface area contributed by atoms with Gasteiger partial charge in [0.1, 0.15) is 0 Å². The first-order valence-corrected chi connectivity index (χ1v) is 6.48. The molecule has 0 aliphatic heterocycles. The third-order valence-electron chi connectivity index (χ3n) is 3.67. The van der Waals surface area contributed by atoms with Gasteiger partial charge in [-0.15, -0.1) is 0 Å². The minimum atomic E-state index is -0.0798. The Balaban J connectivity index is 1.97. The summed E-state index contributed by atoms with van der Waals surface area (Å²) < 4.78 is 0. The average Bonchev–Trinajstić information content (AvgIpc) is 2.41. The van der Waals surface area contributed by atoms with E-state index in [0.29, 0.717) is 0 Å². The Bertz CT molecular complexity index is 405. The molecular formula is C16H19N. The Morgan fingerprint density at radius 3 is 2.47 bits per heavy atom. The van der Waals surface area contributed by atoms with Crippen molar-refractivity contribution in [2.75, 3.05) is 0 Å². The molecule has 0 bridgehead atoms. The normalized spacial score (nSPS) is 19.0. The molecule has 0 aromatic heterocycles. The van der Waals surface area contributed by atoms with Crippen LogP contribution < -0.4 is 0 Å². The predicted octanol–water partition coefficient (Wildman–Crippen LogP) is 4.56. The van der Waals surface area contributed by atoms with E-state index in [0.717, 1.165) is 19.3 Å². The topological polar surface area (TPSA) is 23.8 Å². The van der Waals surface area contributed by atoms with E-state index in [1.807, 2.05) is 18.2 Å². The van der Waals surface area contributed by atoms with E-state index in [2.05, 4.69) is 30.4 Å². The molecule has 0 N–H and O–H groups in total. The van der Waals surface area contributed by atoms with Crippen LogP contribution in [-0.2, 0) is 0 Å². The highest BCUT2D eigenvalue weighted by atomic mass is 14.4. The minimum Gasteiger partial charge on any atom is -0.198 e. The van der Waals surface area contributed by atoms with Crippen molar-refractivity contribution >= 4 is 6.08 Å². The summed E-state index contributed by atoms with van der Waals surface area (Å²) in [5, 5.41) is 9.35. The molecule has 0 unspecified atom stereocenters. The molecule has 17 heavy (non-hydrogen) atoms. The molecule has 1 fully saturated rings. The van der Waals surface area contributed by atoms with Gasteiger partial charge in [-0.2, -0.15) is 5.26 Å². The van der Waals surface area contributed by atoms with E-state index in [-0.39, 0.29) is 5.41 Å². The second-order valence-corrected chi connectivity index (χ2v) is 4.97. The first kappa shape index (κ1) is 11.9. The van der Waals surface area contributed by atoms with Crippen LogP contribution in [0.3, 0.4) is 0 Å². The third-order valence-corrected chi connectivity index (χ3v) is 3.67. The molecule has 88 valence electrons. The summed E-state index contributed by atoms with van der Waals surface area (Å²) in [6, 6.07) is 12.8. The molecule has 0 atom stereocenters. The molecule has 1 nitrogen and oxygen atoms in total. The molecule has 2 rings (SSSR count). The third kappa shape index (κ3) is 3.20. The second-order valence-electron chi connectivity index (χ2n) is 4.97. The van der Waals surface area contributed by atoms with Gasteiger partial charge < -0.3 is 0 Å². The SMILES string of the molecule is N#CC1(C/C=C/c2ccccc2)CCCCC1. The summed E-state index contributed by atoms with van der Waals surface area (Å²) in [5.74, 6) is 0. The van der Waals surface area contributed by atoms with Gasteiger partial charge in [-0.1, -0.05) is 61.7 Å². The van der Waals surface area contributed by atoms with Gasteiger partial charge >= 0.3 is 0 Å². The Hall–Kier alpha value is -1.55. The van der Waals surface area contributed by atoms with Crippen LogP contribution in [0.2, 0.25) is 0 Å². The van der Waals surface area contributed by atoms with Crippen molar-refractivity contribution in [2.45, 2.75) is 38.5 Å². The molecule has 0 heterocycles. The van der Waals surface area contributed by atoms with Gasteiger partial charge in [-0.3, -0.25) is 0 Å². The Morgan fingerprint density at radius 1 is 1.12 bits per heavy atom. The van der Waals surface area contributed by atoms with Gasteiger partial charge in [-0.25, -0.2) is 0 Å². The largest absolute Gasteiger partial charge is 0.198 e. The maximum Gasteiger partial charge on any atom is 0.0693 e. The zero-order valence-electron chi connectivity index (χ0n) is 10.2. The first-order valence-electron chi connectivity index (χ1n) is 6.48. The number of rotatable bonds is 3. The van der Waals surface area contributed by atoms with Crippen molar-refractivity contribution in [1.82, 2.24) is 0 Å². The fourth-order valence-electron chi connectivity index (χ4n) is 2.57. The molecule has 1 aromatic rings. The lowest BCUT2D eigenvalue weighted by Crippen LogP contribution is -2.21. The first-order chi connectivity index (χ1) is 8.35. The van der Waals surface area contributed by atoms with Crippen molar-refractivity contribution in [1.29, 1.82) is 5.26 Å². The van der Waals surface area contributed by atoms with Crippen molar-refractivity contribution in [3.05, 3.63) is 42.0 Å². The monoisotopic (exact) mass is 225 g/mol. The van der Waals surface area contributed by atoms with Gasteiger partial charge in [0, 0.05) is 0 Å². The molecule has 0 spiro atoms. The lowest BCUT2D eigenvalue weighted by molar-refractivity contribution is 0.271. The lowest BCUT2D eigenvalue weighted by Gasteiger charge is -2.29. The van der Waals surface area contributed by atoms with Gasteiger partial charge in [-0.05, 0) is 24.8 Å². The number of hydrogen-bond donors (Lipinski definition) is 0. The number of hydrogen-bond acceptors (Lipinski definition) is 1. The fourth-order valence-corrected chi connectivity index (χ4v) is 2.57. The summed E-state index contributed by atoms with van der Waals surface area (Å²) in [7, 11) is 0. The Kier molecular flexibility index (Phi) is 3.98. The summed E-state index contributed by atoms with van der Waals surface area (Å²) in [6.07, 6.45) is 11.1. The molecule has 1 heteroatoms. The van der Waals surface area contributed by atoms with Crippen LogP contribution in [0, 0.1) is 16.7 Å². The van der Waals surface area contributed by atoms with Crippen LogP contribution in [-0.4, -0.2) is 0 Å². The van der Waals surface area contributed by atoms with Crippen molar-refractivity contribution in [2.24, 2.45) is 5.41 Å². The standard InChI is InChI=1S/C16H19N/c17-14-16(11-5-2-6-12-16)13-7-10-15-8-3-1-4-9-15/h1,3-4,7-10H,2,5-6,11-13H2/b10-7+. The van der Waals surface area contributed by atoms with Crippen molar-refractivity contribution in [3.63, 3.8) is 0 Å². The fraction of sp³-hybridized carbons (Fsp3) is 0.438. The van der Waals surface area contributed by atoms with Gasteiger partial charge in [0.2, 0.25) is 0 Å². The van der Waals surface area contributed by atoms with Crippen LogP contribution in [0.1, 0.15) is 44.1 Å². The minimum absolute atomic E-state index is 0.0798. The van der Waals surface area contributed by atoms with E-state index < -0.39 is 0 Å². The molecule has 1 aromatic carbocycles. The van der Waals surface area contributed by atoms with E-state index in [9.17, 15) is 5.26 Å². The molecule has 1 aliphatic rings. The molecule has 0 amide bonds. The number of allylic oxidation sites excluding steroid dienone is 1. The van der Waals surface area contributed by atoms with Crippen LogP contribution in [0.15, 0.2) is 36.4 Å². The zero-order valence-corrected chi connectivity index (χ0v) is 10.2. The Morgan fingerprint density at radius 2 is 1.82 bits per heavy atom. The number of benzene rings is 1. The molecule has 0 radical (unpaired) electrons. The number of nitriles is 1. The van der Waals surface area contributed by atoms with E-state index in [1.54, 1.807) is 0 Å². The molecule has 0 saturated heterocycles. The van der Waals surface area contributed by atoms with Gasteiger partial charge in [0.25, 0.3) is 0 Å². The summed E-state index contributed by atoms with van der Waals surface area (Å²) in [5.41, 5.74) is 1.14. The molecule has 1 aliphatic carbocycles. The maximum absolute atomic E-state index is 9.35. The highest BCUT2D eigenvalue weighted by Gasteiger charge is 2.30.